The number of fused-ring (bicyclic) bond motifs is 1. The van der Waals surface area contributed by atoms with E-state index < -0.39 is 0 Å². The highest BCUT2D eigenvalue weighted by molar-refractivity contribution is 6.20. The van der Waals surface area contributed by atoms with Gasteiger partial charge in [-0.05, 0) is 62.8 Å². The molecule has 1 aliphatic carbocycles. The van der Waals surface area contributed by atoms with Crippen LogP contribution in [0.2, 0.25) is 0 Å². The van der Waals surface area contributed by atoms with E-state index in [0.717, 1.165) is 30.2 Å². The first-order chi connectivity index (χ1) is 10.2. The number of aryl methyl sites for hydroxylation is 1. The zero-order valence-corrected chi connectivity index (χ0v) is 13.4. The largest absolute Gasteiger partial charge is 0.312 e. The summed E-state index contributed by atoms with van der Waals surface area (Å²) in [5, 5.41) is 5.31. The molecule has 21 heavy (non-hydrogen) atoms. The summed E-state index contributed by atoms with van der Waals surface area (Å²) in [6.45, 7) is 4.08. The van der Waals surface area contributed by atoms with E-state index in [1.807, 2.05) is 0 Å². The lowest BCUT2D eigenvalue weighted by Crippen LogP contribution is -2.26. The van der Waals surface area contributed by atoms with Gasteiger partial charge in [0, 0.05) is 23.0 Å². The maximum Gasteiger partial charge on any atom is 0.0708 e. The van der Waals surface area contributed by atoms with Gasteiger partial charge in [-0.1, -0.05) is 18.2 Å². The van der Waals surface area contributed by atoms with Gasteiger partial charge in [0.1, 0.15) is 0 Å². The summed E-state index contributed by atoms with van der Waals surface area (Å²) >= 11 is 6.17. The number of hydrogen-bond donors (Lipinski definition) is 1. The number of nitrogens with zero attached hydrogens (tertiary/aromatic N) is 1. The molecule has 1 fully saturated rings. The molecule has 2 nitrogen and oxygen atoms in total. The number of aromatic nitrogens is 1. The Bertz CT molecular complexity index is 603. The van der Waals surface area contributed by atoms with E-state index in [4.69, 9.17) is 11.6 Å². The van der Waals surface area contributed by atoms with Crippen molar-refractivity contribution in [3.8, 4) is 0 Å². The van der Waals surface area contributed by atoms with Crippen LogP contribution in [-0.2, 0) is 6.54 Å². The van der Waals surface area contributed by atoms with Gasteiger partial charge in [0.25, 0.3) is 0 Å². The molecule has 0 amide bonds. The van der Waals surface area contributed by atoms with E-state index in [1.165, 1.54) is 36.6 Å². The topological polar surface area (TPSA) is 24.9 Å². The van der Waals surface area contributed by atoms with Gasteiger partial charge in [0.15, 0.2) is 0 Å². The predicted octanol–water partition coefficient (Wildman–Crippen LogP) is 4.43. The Labute approximate surface area is 131 Å². The van der Waals surface area contributed by atoms with Gasteiger partial charge in [-0.3, -0.25) is 4.98 Å². The van der Waals surface area contributed by atoms with Crippen molar-refractivity contribution in [2.24, 2.45) is 5.92 Å². The number of halogens is 1. The lowest BCUT2D eigenvalue weighted by molar-refractivity contribution is 0.346. The summed E-state index contributed by atoms with van der Waals surface area (Å²) in [6.07, 6.45) is 4.87. The van der Waals surface area contributed by atoms with Gasteiger partial charge in [-0.15, -0.1) is 11.6 Å². The third-order valence-electron chi connectivity index (χ3n) is 4.45. The minimum absolute atomic E-state index is 0.410. The highest BCUT2D eigenvalue weighted by Crippen LogP contribution is 2.27. The van der Waals surface area contributed by atoms with Crippen molar-refractivity contribution in [1.82, 2.24) is 10.3 Å². The van der Waals surface area contributed by atoms with Crippen molar-refractivity contribution in [2.45, 2.75) is 44.5 Å². The number of pyridine rings is 1. The van der Waals surface area contributed by atoms with Crippen molar-refractivity contribution in [2.75, 3.05) is 6.54 Å². The smallest absolute Gasteiger partial charge is 0.0708 e. The standard InChI is InChI=1S/C18H23ClN2/c1-13-10-15(17-4-2-3-5-18(17)21-13)12-20-11-14-6-8-16(19)9-7-14/h2-5,10,14,16,20H,6-9,11-12H2,1H3. The molecule has 1 heterocycles. The molecular formula is C18H23ClN2. The zero-order valence-electron chi connectivity index (χ0n) is 12.6. The lowest BCUT2D eigenvalue weighted by Gasteiger charge is -2.25. The van der Waals surface area contributed by atoms with Crippen molar-refractivity contribution < 1.29 is 0 Å². The van der Waals surface area contributed by atoms with Crippen molar-refractivity contribution in [1.29, 1.82) is 0 Å². The van der Waals surface area contributed by atoms with Gasteiger partial charge in [0.2, 0.25) is 0 Å². The minimum Gasteiger partial charge on any atom is -0.312 e. The number of para-hydroxylation sites is 1. The quantitative estimate of drug-likeness (QED) is 0.845. The molecule has 1 aromatic carbocycles. The molecule has 112 valence electrons. The molecular weight excluding hydrogens is 280 g/mol. The van der Waals surface area contributed by atoms with E-state index in [9.17, 15) is 0 Å². The second-order valence-corrected chi connectivity index (χ2v) is 6.81. The molecule has 1 N–H and O–H groups in total. The predicted molar refractivity (Wildman–Crippen MR) is 89.8 cm³/mol. The Morgan fingerprint density at radius 3 is 2.76 bits per heavy atom. The third-order valence-corrected chi connectivity index (χ3v) is 4.89. The normalized spacial score (nSPS) is 22.6. The third kappa shape index (κ3) is 3.75. The first-order valence-corrected chi connectivity index (χ1v) is 8.36. The average molecular weight is 303 g/mol. The highest BCUT2D eigenvalue weighted by atomic mass is 35.5. The first kappa shape index (κ1) is 14.8. The molecule has 0 spiro atoms. The maximum atomic E-state index is 6.17. The Morgan fingerprint density at radius 1 is 1.19 bits per heavy atom. The van der Waals surface area contributed by atoms with Crippen LogP contribution in [0.4, 0.5) is 0 Å². The molecule has 1 saturated carbocycles. The summed E-state index contributed by atoms with van der Waals surface area (Å²) in [5.74, 6) is 0.786. The number of benzene rings is 1. The van der Waals surface area contributed by atoms with Crippen LogP contribution in [-0.4, -0.2) is 16.9 Å². The summed E-state index contributed by atoms with van der Waals surface area (Å²) in [4.78, 5) is 4.60. The van der Waals surface area contributed by atoms with Crippen LogP contribution >= 0.6 is 11.6 Å². The van der Waals surface area contributed by atoms with E-state index >= 15 is 0 Å². The van der Waals surface area contributed by atoms with Crippen molar-refractivity contribution in [3.05, 3.63) is 41.6 Å². The molecule has 0 aliphatic heterocycles. The Kier molecular flexibility index (Phi) is 4.77. The van der Waals surface area contributed by atoms with Gasteiger partial charge >= 0.3 is 0 Å². The first-order valence-electron chi connectivity index (χ1n) is 7.92. The molecule has 1 aliphatic rings. The molecule has 0 atom stereocenters. The van der Waals surface area contributed by atoms with Crippen molar-refractivity contribution in [3.63, 3.8) is 0 Å². The fraction of sp³-hybridized carbons (Fsp3) is 0.500. The number of hydrogen-bond acceptors (Lipinski definition) is 2. The molecule has 3 heteroatoms. The van der Waals surface area contributed by atoms with E-state index in [0.29, 0.717) is 5.38 Å². The van der Waals surface area contributed by atoms with E-state index in [-0.39, 0.29) is 0 Å². The Balaban J connectivity index is 1.63. The molecule has 2 aromatic rings. The van der Waals surface area contributed by atoms with Crippen LogP contribution in [0.15, 0.2) is 30.3 Å². The SMILES string of the molecule is Cc1cc(CNCC2CCC(Cl)CC2)c2ccccc2n1. The summed E-state index contributed by atoms with van der Waals surface area (Å²) < 4.78 is 0. The Morgan fingerprint density at radius 2 is 1.95 bits per heavy atom. The van der Waals surface area contributed by atoms with Crippen LogP contribution in [0.25, 0.3) is 10.9 Å². The monoisotopic (exact) mass is 302 g/mol. The van der Waals surface area contributed by atoms with Crippen LogP contribution < -0.4 is 5.32 Å². The Hall–Kier alpha value is -1.12. The van der Waals surface area contributed by atoms with Crippen LogP contribution in [0.3, 0.4) is 0 Å². The second-order valence-electron chi connectivity index (χ2n) is 6.19. The van der Waals surface area contributed by atoms with E-state index in [1.54, 1.807) is 0 Å². The number of nitrogens with one attached hydrogen (secondary N) is 1. The molecule has 0 saturated heterocycles. The molecule has 1 aromatic heterocycles. The molecule has 3 rings (SSSR count). The summed E-state index contributed by atoms with van der Waals surface area (Å²) in [6, 6.07) is 10.6. The van der Waals surface area contributed by atoms with Crippen LogP contribution in [0, 0.1) is 12.8 Å². The minimum atomic E-state index is 0.410. The van der Waals surface area contributed by atoms with Gasteiger partial charge in [-0.25, -0.2) is 0 Å². The van der Waals surface area contributed by atoms with Crippen LogP contribution in [0.5, 0.6) is 0 Å². The summed E-state index contributed by atoms with van der Waals surface area (Å²) in [7, 11) is 0. The zero-order chi connectivity index (χ0) is 14.7. The molecule has 0 bridgehead atoms. The van der Waals surface area contributed by atoms with Crippen molar-refractivity contribution >= 4 is 22.5 Å². The fourth-order valence-corrected chi connectivity index (χ4v) is 3.53. The lowest BCUT2D eigenvalue weighted by atomic mass is 9.89. The molecule has 0 unspecified atom stereocenters. The van der Waals surface area contributed by atoms with Gasteiger partial charge in [0.05, 0.1) is 5.52 Å². The number of rotatable bonds is 4. The summed E-state index contributed by atoms with van der Waals surface area (Å²) in [5.41, 5.74) is 3.54. The molecule has 0 radical (unpaired) electrons. The second kappa shape index (κ2) is 6.76. The van der Waals surface area contributed by atoms with Gasteiger partial charge in [-0.2, -0.15) is 0 Å². The van der Waals surface area contributed by atoms with E-state index in [2.05, 4.69) is 47.6 Å². The fourth-order valence-electron chi connectivity index (χ4n) is 3.28. The highest BCUT2D eigenvalue weighted by Gasteiger charge is 2.18. The van der Waals surface area contributed by atoms with Gasteiger partial charge < -0.3 is 5.32 Å². The number of alkyl halides is 1. The maximum absolute atomic E-state index is 6.17. The van der Waals surface area contributed by atoms with Crippen LogP contribution in [0.1, 0.15) is 36.9 Å². The average Bonchev–Trinajstić information content (AvgIpc) is 2.49.